The van der Waals surface area contributed by atoms with Crippen molar-refractivity contribution in [3.8, 4) is 11.5 Å². The SMILES string of the molecule is CCc1nnc(-c2cnc(Nc3ccc(C(N)=O)c(C)c3)nc2N)o1.OCCc1ccccc1. The van der Waals surface area contributed by atoms with Crippen LogP contribution in [0.3, 0.4) is 0 Å². The number of hydrogen-bond donors (Lipinski definition) is 4. The summed E-state index contributed by atoms with van der Waals surface area (Å²) >= 11 is 0. The molecule has 176 valence electrons. The number of nitrogens with one attached hydrogen (secondary N) is 1. The number of primary amides is 1. The Morgan fingerprint density at radius 3 is 2.50 bits per heavy atom. The van der Waals surface area contributed by atoms with Crippen LogP contribution in [0.5, 0.6) is 0 Å². The molecule has 0 fully saturated rings. The van der Waals surface area contributed by atoms with Gasteiger partial charge in [-0.15, -0.1) is 10.2 Å². The average molecular weight is 462 g/mol. The van der Waals surface area contributed by atoms with Gasteiger partial charge in [0, 0.05) is 30.5 Å². The van der Waals surface area contributed by atoms with E-state index >= 15 is 0 Å². The Balaban J connectivity index is 0.000000302. The molecule has 4 rings (SSSR count). The zero-order valence-corrected chi connectivity index (χ0v) is 19.0. The fourth-order valence-corrected chi connectivity index (χ4v) is 3.05. The van der Waals surface area contributed by atoms with Crippen molar-refractivity contribution in [2.75, 3.05) is 17.7 Å². The summed E-state index contributed by atoms with van der Waals surface area (Å²) in [6, 6.07) is 15.1. The molecule has 34 heavy (non-hydrogen) atoms. The molecule has 0 aliphatic heterocycles. The van der Waals surface area contributed by atoms with Gasteiger partial charge in [0.05, 0.1) is 5.56 Å². The summed E-state index contributed by atoms with van der Waals surface area (Å²) < 4.78 is 5.46. The first-order chi connectivity index (χ1) is 16.4. The van der Waals surface area contributed by atoms with Gasteiger partial charge in [0.2, 0.25) is 17.7 Å². The molecule has 0 spiro atoms. The first-order valence-corrected chi connectivity index (χ1v) is 10.7. The molecule has 10 nitrogen and oxygen atoms in total. The highest BCUT2D eigenvalue weighted by Gasteiger charge is 2.14. The quantitative estimate of drug-likeness (QED) is 0.323. The van der Waals surface area contributed by atoms with Crippen LogP contribution in [0, 0.1) is 6.92 Å². The topological polar surface area (TPSA) is 166 Å². The molecular formula is C24H27N7O3. The Labute approximate surface area is 197 Å². The van der Waals surface area contributed by atoms with Crippen molar-refractivity contribution in [1.82, 2.24) is 20.2 Å². The third kappa shape index (κ3) is 6.36. The average Bonchev–Trinajstić information content (AvgIpc) is 3.29. The van der Waals surface area contributed by atoms with Gasteiger partial charge in [-0.05, 0) is 42.7 Å². The first kappa shape index (κ1) is 24.3. The summed E-state index contributed by atoms with van der Waals surface area (Å²) in [5.74, 6) is 0.848. The highest BCUT2D eigenvalue weighted by atomic mass is 16.4. The summed E-state index contributed by atoms with van der Waals surface area (Å²) in [7, 11) is 0. The van der Waals surface area contributed by atoms with E-state index in [1.54, 1.807) is 25.1 Å². The summed E-state index contributed by atoms with van der Waals surface area (Å²) in [5, 5.41) is 19.4. The predicted octanol–water partition coefficient (Wildman–Crippen LogP) is 3.04. The summed E-state index contributed by atoms with van der Waals surface area (Å²) in [6.07, 6.45) is 2.91. The Hall–Kier alpha value is -4.31. The van der Waals surface area contributed by atoms with Crippen molar-refractivity contribution in [1.29, 1.82) is 0 Å². The molecular weight excluding hydrogens is 434 g/mol. The molecule has 0 saturated carbocycles. The summed E-state index contributed by atoms with van der Waals surface area (Å²) in [5.41, 5.74) is 14.9. The number of benzene rings is 2. The molecule has 2 heterocycles. The van der Waals surface area contributed by atoms with Crippen LogP contribution in [0.4, 0.5) is 17.5 Å². The zero-order valence-electron chi connectivity index (χ0n) is 19.0. The molecule has 0 saturated heterocycles. The Morgan fingerprint density at radius 2 is 1.91 bits per heavy atom. The van der Waals surface area contributed by atoms with Crippen LogP contribution in [0.15, 0.2) is 59.1 Å². The van der Waals surface area contributed by atoms with E-state index in [9.17, 15) is 4.79 Å². The number of anilines is 3. The second-order valence-electron chi connectivity index (χ2n) is 7.33. The molecule has 4 aromatic rings. The minimum Gasteiger partial charge on any atom is -0.421 e. The highest BCUT2D eigenvalue weighted by Crippen LogP contribution is 2.25. The molecule has 2 aromatic heterocycles. The van der Waals surface area contributed by atoms with Crippen molar-refractivity contribution in [3.05, 3.63) is 77.3 Å². The minimum atomic E-state index is -0.472. The number of carbonyl (C=O) groups is 1. The third-order valence-corrected chi connectivity index (χ3v) is 4.81. The second-order valence-corrected chi connectivity index (χ2v) is 7.33. The number of amides is 1. The van der Waals surface area contributed by atoms with E-state index in [4.69, 9.17) is 21.0 Å². The van der Waals surface area contributed by atoms with Crippen molar-refractivity contribution in [2.45, 2.75) is 26.7 Å². The second kappa shape index (κ2) is 11.5. The number of aliphatic hydroxyl groups is 1. The van der Waals surface area contributed by atoms with Crippen LogP contribution < -0.4 is 16.8 Å². The largest absolute Gasteiger partial charge is 0.421 e. The lowest BCUT2D eigenvalue weighted by molar-refractivity contribution is 0.0999. The van der Waals surface area contributed by atoms with E-state index < -0.39 is 5.91 Å². The van der Waals surface area contributed by atoms with Gasteiger partial charge in [-0.25, -0.2) is 4.98 Å². The van der Waals surface area contributed by atoms with Gasteiger partial charge in [-0.1, -0.05) is 37.3 Å². The molecule has 2 aromatic carbocycles. The summed E-state index contributed by atoms with van der Waals surface area (Å²) in [6.45, 7) is 3.95. The van der Waals surface area contributed by atoms with Crippen LogP contribution in [0.25, 0.3) is 11.5 Å². The van der Waals surface area contributed by atoms with E-state index in [1.807, 2.05) is 37.3 Å². The maximum Gasteiger partial charge on any atom is 0.253 e. The van der Waals surface area contributed by atoms with E-state index in [-0.39, 0.29) is 18.3 Å². The lowest BCUT2D eigenvalue weighted by Crippen LogP contribution is -2.12. The van der Waals surface area contributed by atoms with E-state index in [1.165, 1.54) is 11.8 Å². The molecule has 0 bridgehead atoms. The lowest BCUT2D eigenvalue weighted by atomic mass is 10.1. The number of aromatic nitrogens is 4. The smallest absolute Gasteiger partial charge is 0.253 e. The van der Waals surface area contributed by atoms with Crippen LogP contribution in [-0.2, 0) is 12.8 Å². The number of aryl methyl sites for hydroxylation is 2. The highest BCUT2D eigenvalue weighted by molar-refractivity contribution is 5.94. The maximum atomic E-state index is 11.3. The first-order valence-electron chi connectivity index (χ1n) is 10.7. The number of nitrogens with two attached hydrogens (primary N) is 2. The van der Waals surface area contributed by atoms with Crippen molar-refractivity contribution in [3.63, 3.8) is 0 Å². The van der Waals surface area contributed by atoms with Crippen molar-refractivity contribution in [2.24, 2.45) is 5.73 Å². The normalized spacial score (nSPS) is 10.3. The lowest BCUT2D eigenvalue weighted by Gasteiger charge is -2.09. The number of hydrogen-bond acceptors (Lipinski definition) is 9. The summed E-state index contributed by atoms with van der Waals surface area (Å²) in [4.78, 5) is 19.7. The number of nitrogen functional groups attached to an aromatic ring is 1. The predicted molar refractivity (Wildman–Crippen MR) is 129 cm³/mol. The van der Waals surface area contributed by atoms with Gasteiger partial charge in [-0.2, -0.15) is 4.98 Å². The molecule has 0 aliphatic carbocycles. The number of carbonyl (C=O) groups excluding carboxylic acids is 1. The Kier molecular flexibility index (Phi) is 8.25. The van der Waals surface area contributed by atoms with Crippen molar-refractivity contribution < 1.29 is 14.3 Å². The molecule has 0 unspecified atom stereocenters. The van der Waals surface area contributed by atoms with E-state index in [0.717, 1.165) is 12.0 Å². The number of aliphatic hydroxyl groups excluding tert-OH is 1. The fourth-order valence-electron chi connectivity index (χ4n) is 3.05. The van der Waals surface area contributed by atoms with E-state index in [2.05, 4.69) is 25.5 Å². The molecule has 10 heteroatoms. The van der Waals surface area contributed by atoms with Crippen LogP contribution in [0.2, 0.25) is 0 Å². The third-order valence-electron chi connectivity index (χ3n) is 4.81. The van der Waals surface area contributed by atoms with Gasteiger partial charge >= 0.3 is 0 Å². The minimum absolute atomic E-state index is 0.217. The molecule has 0 atom stereocenters. The molecule has 6 N–H and O–H groups in total. The van der Waals surface area contributed by atoms with Gasteiger partial charge in [-0.3, -0.25) is 4.79 Å². The van der Waals surface area contributed by atoms with E-state index in [0.29, 0.717) is 35.1 Å². The molecule has 1 amide bonds. The number of nitrogens with zero attached hydrogens (tertiary/aromatic N) is 4. The monoisotopic (exact) mass is 461 g/mol. The van der Waals surface area contributed by atoms with Gasteiger partial charge in [0.25, 0.3) is 5.89 Å². The van der Waals surface area contributed by atoms with Crippen LogP contribution in [0.1, 0.15) is 34.3 Å². The van der Waals surface area contributed by atoms with Crippen LogP contribution in [-0.4, -0.2) is 37.8 Å². The fraction of sp³-hybridized carbons (Fsp3) is 0.208. The van der Waals surface area contributed by atoms with Gasteiger partial charge in [0.1, 0.15) is 5.82 Å². The van der Waals surface area contributed by atoms with Gasteiger partial charge in [0.15, 0.2) is 0 Å². The Morgan fingerprint density at radius 1 is 1.15 bits per heavy atom. The standard InChI is InChI=1S/C16H17N7O2.C8H10O/c1-3-12-22-23-15(25-12)11-7-19-16(21-13(11)17)20-9-4-5-10(14(18)24)8(2)6-9;9-7-6-8-4-2-1-3-5-8/h4-7H,3H2,1-2H3,(H2,18,24)(H3,17,19,20,21);1-5,9H,6-7H2. The van der Waals surface area contributed by atoms with Crippen LogP contribution >= 0.6 is 0 Å². The molecule has 0 radical (unpaired) electrons. The van der Waals surface area contributed by atoms with Crippen molar-refractivity contribution >= 4 is 23.4 Å². The molecule has 0 aliphatic rings. The number of rotatable bonds is 7. The Bertz CT molecular complexity index is 1240. The zero-order chi connectivity index (χ0) is 24.5. The van der Waals surface area contributed by atoms with Gasteiger partial charge < -0.3 is 26.3 Å². The maximum absolute atomic E-state index is 11.3.